The van der Waals surface area contributed by atoms with Crippen LogP contribution in [0, 0.1) is 5.41 Å². The second-order valence-electron chi connectivity index (χ2n) is 4.15. The van der Waals surface area contributed by atoms with Gasteiger partial charge in [0.05, 0.1) is 0 Å². The zero-order chi connectivity index (χ0) is 9.74. The molecule has 1 N–H and O–H groups in total. The van der Waals surface area contributed by atoms with E-state index in [4.69, 9.17) is 0 Å². The maximum atomic E-state index is 12.5. The zero-order valence-electron chi connectivity index (χ0n) is 7.78. The van der Waals surface area contributed by atoms with Crippen LogP contribution in [0.3, 0.4) is 0 Å². The molecule has 0 aromatic carbocycles. The quantitative estimate of drug-likeness (QED) is 0.742. The Balaban J connectivity index is 0.000000980. The molecule has 2 nitrogen and oxygen atoms in total. The lowest BCUT2D eigenvalue weighted by Gasteiger charge is -2.60. The molecular formula is C8H13ClF3NO. The van der Waals surface area contributed by atoms with Gasteiger partial charge in [-0.3, -0.25) is 0 Å². The molecule has 0 radical (unpaired) electrons. The summed E-state index contributed by atoms with van der Waals surface area (Å²) in [6.07, 6.45) is -3.98. The number of hydrogen-bond donors (Lipinski definition) is 1. The number of hydrogen-bond acceptors (Lipinski definition) is 2. The summed E-state index contributed by atoms with van der Waals surface area (Å²) < 4.78 is 42.2. The van der Waals surface area contributed by atoms with Crippen LogP contribution in [0.1, 0.15) is 12.8 Å². The van der Waals surface area contributed by atoms with Gasteiger partial charge in [0.1, 0.15) is 0 Å². The first-order valence-electron chi connectivity index (χ1n) is 4.26. The van der Waals surface area contributed by atoms with Crippen LogP contribution >= 0.6 is 12.4 Å². The number of alkyl halides is 3. The molecule has 0 amide bonds. The second-order valence-corrected chi connectivity index (χ2v) is 4.15. The number of halogens is 4. The minimum atomic E-state index is -4.22. The third-order valence-electron chi connectivity index (χ3n) is 3.23. The van der Waals surface area contributed by atoms with E-state index in [0.717, 1.165) is 7.11 Å². The maximum Gasteiger partial charge on any atom is 0.417 e. The summed E-state index contributed by atoms with van der Waals surface area (Å²) in [4.78, 5) is 0. The van der Waals surface area contributed by atoms with Crippen LogP contribution in [0.5, 0.6) is 0 Å². The highest BCUT2D eigenvalue weighted by Crippen LogP contribution is 2.59. The van der Waals surface area contributed by atoms with E-state index in [1.54, 1.807) is 0 Å². The van der Waals surface area contributed by atoms with Crippen LogP contribution < -0.4 is 5.32 Å². The SMILES string of the molecule is COC1(C(F)(F)F)CC2(CNC2)C1.Cl. The first-order valence-corrected chi connectivity index (χ1v) is 4.26. The molecular weight excluding hydrogens is 219 g/mol. The smallest absolute Gasteiger partial charge is 0.369 e. The van der Waals surface area contributed by atoms with E-state index in [9.17, 15) is 13.2 Å². The highest BCUT2D eigenvalue weighted by molar-refractivity contribution is 5.85. The number of rotatable bonds is 1. The molecule has 0 aromatic heterocycles. The average Bonchev–Trinajstić information content (AvgIpc) is 1.79. The normalized spacial score (nSPS) is 27.4. The molecule has 0 atom stereocenters. The topological polar surface area (TPSA) is 21.3 Å². The Labute approximate surface area is 86.6 Å². The minimum absolute atomic E-state index is 0. The summed E-state index contributed by atoms with van der Waals surface area (Å²) in [5, 5.41) is 2.99. The number of nitrogens with one attached hydrogen (secondary N) is 1. The molecule has 2 fully saturated rings. The van der Waals surface area contributed by atoms with Gasteiger partial charge in [0.25, 0.3) is 0 Å². The summed E-state index contributed by atoms with van der Waals surface area (Å²) in [7, 11) is 1.15. The summed E-state index contributed by atoms with van der Waals surface area (Å²) in [5.74, 6) is 0. The van der Waals surface area contributed by atoms with Crippen LogP contribution in [0.15, 0.2) is 0 Å². The third-order valence-corrected chi connectivity index (χ3v) is 3.23. The van der Waals surface area contributed by atoms with Gasteiger partial charge in [-0.25, -0.2) is 0 Å². The Morgan fingerprint density at radius 1 is 1.21 bits per heavy atom. The van der Waals surface area contributed by atoms with Crippen molar-refractivity contribution in [2.75, 3.05) is 20.2 Å². The molecule has 2 rings (SSSR count). The van der Waals surface area contributed by atoms with Crippen molar-refractivity contribution in [3.05, 3.63) is 0 Å². The largest absolute Gasteiger partial charge is 0.417 e. The molecule has 6 heteroatoms. The summed E-state index contributed by atoms with van der Waals surface area (Å²) in [6, 6.07) is 0. The van der Waals surface area contributed by atoms with Crippen molar-refractivity contribution < 1.29 is 17.9 Å². The molecule has 0 bridgehead atoms. The van der Waals surface area contributed by atoms with Crippen molar-refractivity contribution in [1.82, 2.24) is 5.32 Å². The van der Waals surface area contributed by atoms with Crippen LogP contribution in [0.2, 0.25) is 0 Å². The lowest BCUT2D eigenvalue weighted by Crippen LogP contribution is -2.71. The van der Waals surface area contributed by atoms with Crippen LogP contribution in [0.4, 0.5) is 13.2 Å². The summed E-state index contributed by atoms with van der Waals surface area (Å²) in [5.41, 5.74) is -1.97. The molecule has 2 aliphatic rings. The highest BCUT2D eigenvalue weighted by atomic mass is 35.5. The Kier molecular flexibility index (Phi) is 2.80. The Bertz CT molecular complexity index is 219. The number of ether oxygens (including phenoxy) is 1. The Hall–Kier alpha value is 0. The molecule has 1 heterocycles. The fraction of sp³-hybridized carbons (Fsp3) is 1.00. The van der Waals surface area contributed by atoms with Crippen LogP contribution in [-0.2, 0) is 4.74 Å². The molecule has 0 unspecified atom stereocenters. The highest BCUT2D eigenvalue weighted by Gasteiger charge is 2.69. The maximum absolute atomic E-state index is 12.5. The van der Waals surface area contributed by atoms with E-state index in [1.165, 1.54) is 0 Å². The fourth-order valence-electron chi connectivity index (χ4n) is 2.35. The molecule has 1 aliphatic heterocycles. The fourth-order valence-corrected chi connectivity index (χ4v) is 2.35. The third kappa shape index (κ3) is 1.42. The van der Waals surface area contributed by atoms with Gasteiger partial charge in [0, 0.05) is 25.6 Å². The van der Waals surface area contributed by atoms with E-state index in [2.05, 4.69) is 10.1 Å². The number of methoxy groups -OCH3 is 1. The van der Waals surface area contributed by atoms with Crippen LogP contribution in [0.25, 0.3) is 0 Å². The van der Waals surface area contributed by atoms with Crippen molar-refractivity contribution >= 4 is 12.4 Å². The summed E-state index contributed by atoms with van der Waals surface area (Å²) in [6.45, 7) is 1.41. The first-order chi connectivity index (χ1) is 5.93. The van der Waals surface area contributed by atoms with Crippen LogP contribution in [-0.4, -0.2) is 32.0 Å². The van der Waals surface area contributed by atoms with E-state index in [0.29, 0.717) is 13.1 Å². The molecule has 1 saturated heterocycles. The predicted molar refractivity (Wildman–Crippen MR) is 47.6 cm³/mol. The Morgan fingerprint density at radius 3 is 1.93 bits per heavy atom. The van der Waals surface area contributed by atoms with Crippen molar-refractivity contribution in [3.8, 4) is 0 Å². The van der Waals surface area contributed by atoms with Gasteiger partial charge in [-0.15, -0.1) is 12.4 Å². The second kappa shape index (κ2) is 3.25. The van der Waals surface area contributed by atoms with E-state index >= 15 is 0 Å². The van der Waals surface area contributed by atoms with E-state index in [-0.39, 0.29) is 30.7 Å². The Morgan fingerprint density at radius 2 is 1.71 bits per heavy atom. The average molecular weight is 232 g/mol. The van der Waals surface area contributed by atoms with Crippen molar-refractivity contribution in [2.24, 2.45) is 5.41 Å². The van der Waals surface area contributed by atoms with Gasteiger partial charge >= 0.3 is 6.18 Å². The lowest BCUT2D eigenvalue weighted by molar-refractivity contribution is -0.330. The first kappa shape index (κ1) is 12.1. The summed E-state index contributed by atoms with van der Waals surface area (Å²) >= 11 is 0. The van der Waals surface area contributed by atoms with Gasteiger partial charge in [0.15, 0.2) is 5.60 Å². The molecule has 1 saturated carbocycles. The molecule has 84 valence electrons. The van der Waals surface area contributed by atoms with Gasteiger partial charge in [-0.05, 0) is 12.8 Å². The minimum Gasteiger partial charge on any atom is -0.369 e. The predicted octanol–water partition coefficient (Wildman–Crippen LogP) is 1.74. The lowest BCUT2D eigenvalue weighted by atomic mass is 9.55. The molecule has 14 heavy (non-hydrogen) atoms. The van der Waals surface area contributed by atoms with Gasteiger partial charge in [-0.1, -0.05) is 0 Å². The van der Waals surface area contributed by atoms with Crippen molar-refractivity contribution in [3.63, 3.8) is 0 Å². The monoisotopic (exact) mass is 231 g/mol. The standard InChI is InChI=1S/C8H12F3NO.ClH/c1-13-7(8(9,10)11)2-6(3-7)4-12-5-6;/h12H,2-5H2,1H3;1H. The van der Waals surface area contributed by atoms with Gasteiger partial charge in [0.2, 0.25) is 0 Å². The van der Waals surface area contributed by atoms with E-state index < -0.39 is 11.8 Å². The molecule has 1 aliphatic carbocycles. The van der Waals surface area contributed by atoms with Crippen molar-refractivity contribution in [2.45, 2.75) is 24.6 Å². The van der Waals surface area contributed by atoms with Gasteiger partial charge < -0.3 is 10.1 Å². The molecule has 1 spiro atoms. The van der Waals surface area contributed by atoms with E-state index in [1.807, 2.05) is 0 Å². The van der Waals surface area contributed by atoms with Gasteiger partial charge in [-0.2, -0.15) is 13.2 Å². The molecule has 0 aromatic rings. The van der Waals surface area contributed by atoms with Crippen molar-refractivity contribution in [1.29, 1.82) is 0 Å². The zero-order valence-corrected chi connectivity index (χ0v) is 8.60.